The van der Waals surface area contributed by atoms with Crippen LogP contribution in [0.3, 0.4) is 0 Å². The molecule has 0 aromatic heterocycles. The van der Waals surface area contributed by atoms with Gasteiger partial charge in [-0.25, -0.2) is 0 Å². The molecule has 1 aromatic rings. The average molecular weight is 296 g/mol. The molecule has 0 fully saturated rings. The summed E-state index contributed by atoms with van der Waals surface area (Å²) in [7, 11) is 0. The largest absolute Gasteiger partial charge is 0.416 e. The molecule has 2 rings (SSSR count). The lowest BCUT2D eigenvalue weighted by molar-refractivity contribution is -0.137. The summed E-state index contributed by atoms with van der Waals surface area (Å²) in [6.07, 6.45) is 3.61. The predicted octanol–water partition coefficient (Wildman–Crippen LogP) is 4.99. The zero-order valence-electron chi connectivity index (χ0n) is 12.1. The number of rotatable bonds is 2. The summed E-state index contributed by atoms with van der Waals surface area (Å²) in [6.45, 7) is 3.87. The van der Waals surface area contributed by atoms with Crippen molar-refractivity contribution in [2.24, 2.45) is 0 Å². The number of halogens is 3. The van der Waals surface area contributed by atoms with E-state index in [4.69, 9.17) is 0 Å². The third kappa shape index (κ3) is 4.60. The van der Waals surface area contributed by atoms with Gasteiger partial charge in [-0.05, 0) is 35.3 Å². The minimum Gasteiger partial charge on any atom is -0.392 e. The first kappa shape index (κ1) is 17.2. The van der Waals surface area contributed by atoms with Crippen LogP contribution in [0.2, 0.25) is 0 Å². The summed E-state index contributed by atoms with van der Waals surface area (Å²) in [5.74, 6) is 0. The first-order valence-electron chi connectivity index (χ1n) is 6.86. The molecule has 114 valence electrons. The maximum Gasteiger partial charge on any atom is 0.416 e. The fourth-order valence-electron chi connectivity index (χ4n) is 1.98. The fourth-order valence-corrected chi connectivity index (χ4v) is 1.98. The van der Waals surface area contributed by atoms with Crippen molar-refractivity contribution in [3.05, 3.63) is 65.3 Å². The molecule has 0 spiro atoms. The molecular formula is C17H19F3O. The second kappa shape index (κ2) is 7.84. The number of aliphatic hydroxyl groups excluding tert-OH is 1. The minimum absolute atomic E-state index is 0.130. The van der Waals surface area contributed by atoms with Crippen LogP contribution in [0.1, 0.15) is 31.4 Å². The van der Waals surface area contributed by atoms with Crippen molar-refractivity contribution in [1.82, 2.24) is 0 Å². The summed E-state index contributed by atoms with van der Waals surface area (Å²) >= 11 is 0. The lowest BCUT2D eigenvalue weighted by Gasteiger charge is -2.11. The molecular weight excluding hydrogens is 277 g/mol. The molecule has 1 nitrogen and oxygen atoms in total. The minimum atomic E-state index is -4.32. The molecule has 4 heteroatoms. The van der Waals surface area contributed by atoms with E-state index in [9.17, 15) is 18.3 Å². The topological polar surface area (TPSA) is 20.2 Å². The normalized spacial score (nSPS) is 14.6. The molecule has 1 N–H and O–H groups in total. The van der Waals surface area contributed by atoms with E-state index in [2.05, 4.69) is 0 Å². The Morgan fingerprint density at radius 3 is 2.19 bits per heavy atom. The van der Waals surface area contributed by atoms with E-state index in [0.717, 1.165) is 23.3 Å². The number of alkyl halides is 3. The first-order chi connectivity index (χ1) is 10.0. The van der Waals surface area contributed by atoms with Gasteiger partial charge in [-0.15, -0.1) is 0 Å². The molecule has 0 saturated carbocycles. The molecule has 0 heterocycles. The van der Waals surface area contributed by atoms with E-state index in [1.807, 2.05) is 32.1 Å². The van der Waals surface area contributed by atoms with Gasteiger partial charge in [0.05, 0.1) is 12.2 Å². The van der Waals surface area contributed by atoms with Crippen LogP contribution in [0.15, 0.2) is 54.1 Å². The fraction of sp³-hybridized carbons (Fsp3) is 0.294. The Bertz CT molecular complexity index is 534. The lowest BCUT2D eigenvalue weighted by atomic mass is 9.96. The molecule has 0 bridgehead atoms. The van der Waals surface area contributed by atoms with Crippen LogP contribution in [0, 0.1) is 0 Å². The molecule has 0 aliphatic heterocycles. The van der Waals surface area contributed by atoms with Crippen molar-refractivity contribution in [3.8, 4) is 0 Å². The van der Waals surface area contributed by atoms with Crippen LogP contribution < -0.4 is 0 Å². The van der Waals surface area contributed by atoms with Gasteiger partial charge in [0.2, 0.25) is 0 Å². The number of aliphatic hydroxyl groups is 1. The number of hydrogen-bond acceptors (Lipinski definition) is 1. The second-order valence-corrected chi connectivity index (χ2v) is 4.23. The first-order valence-corrected chi connectivity index (χ1v) is 6.86. The smallest absolute Gasteiger partial charge is 0.392 e. The molecule has 1 aliphatic carbocycles. The molecule has 0 amide bonds. The van der Waals surface area contributed by atoms with Crippen molar-refractivity contribution in [1.29, 1.82) is 0 Å². The van der Waals surface area contributed by atoms with Crippen LogP contribution >= 0.6 is 0 Å². The standard InChI is InChI=1S/C15H13F3O.C2H6/c16-15(17,18)13-8-6-11(7-9-13)14-5-3-1-2-4-12(14)10-19;1-2/h1-4,6-9,19H,5,10H2;1-2H3. The highest BCUT2D eigenvalue weighted by atomic mass is 19.4. The van der Waals surface area contributed by atoms with E-state index in [-0.39, 0.29) is 6.61 Å². The average Bonchev–Trinajstić information content (AvgIpc) is 2.73. The van der Waals surface area contributed by atoms with Gasteiger partial charge in [0, 0.05) is 0 Å². The van der Waals surface area contributed by atoms with Crippen LogP contribution in [-0.4, -0.2) is 11.7 Å². The zero-order valence-corrected chi connectivity index (χ0v) is 12.1. The number of allylic oxidation sites excluding steroid dienone is 4. The van der Waals surface area contributed by atoms with E-state index in [1.165, 1.54) is 12.1 Å². The van der Waals surface area contributed by atoms with Gasteiger partial charge in [-0.3, -0.25) is 0 Å². The van der Waals surface area contributed by atoms with Gasteiger partial charge in [-0.1, -0.05) is 50.3 Å². The number of benzene rings is 1. The van der Waals surface area contributed by atoms with E-state index >= 15 is 0 Å². The molecule has 0 radical (unpaired) electrons. The summed E-state index contributed by atoms with van der Waals surface area (Å²) in [5, 5.41) is 9.31. The highest BCUT2D eigenvalue weighted by molar-refractivity contribution is 5.73. The van der Waals surface area contributed by atoms with Gasteiger partial charge in [-0.2, -0.15) is 13.2 Å². The third-order valence-corrected chi connectivity index (χ3v) is 2.99. The van der Waals surface area contributed by atoms with E-state index < -0.39 is 11.7 Å². The van der Waals surface area contributed by atoms with E-state index in [1.54, 1.807) is 6.08 Å². The van der Waals surface area contributed by atoms with Crippen LogP contribution in [0.4, 0.5) is 13.2 Å². The maximum absolute atomic E-state index is 12.5. The Morgan fingerprint density at radius 2 is 1.67 bits per heavy atom. The summed E-state index contributed by atoms with van der Waals surface area (Å²) in [6, 6.07) is 5.02. The Hall–Kier alpha value is -1.81. The molecule has 1 aliphatic rings. The Kier molecular flexibility index (Phi) is 6.43. The molecule has 0 saturated heterocycles. The molecule has 1 aromatic carbocycles. The Morgan fingerprint density at radius 1 is 1.05 bits per heavy atom. The van der Waals surface area contributed by atoms with Gasteiger partial charge < -0.3 is 5.11 Å². The van der Waals surface area contributed by atoms with Gasteiger partial charge in [0.15, 0.2) is 0 Å². The van der Waals surface area contributed by atoms with Crippen molar-refractivity contribution in [2.45, 2.75) is 26.4 Å². The quantitative estimate of drug-likeness (QED) is 0.814. The zero-order chi connectivity index (χ0) is 15.9. The third-order valence-electron chi connectivity index (χ3n) is 2.99. The maximum atomic E-state index is 12.5. The SMILES string of the molecule is CC.OCC1=C(c2ccc(C(F)(F)F)cc2)CC=CC=C1. The Labute approximate surface area is 123 Å². The van der Waals surface area contributed by atoms with Gasteiger partial charge >= 0.3 is 6.18 Å². The van der Waals surface area contributed by atoms with Gasteiger partial charge in [0.1, 0.15) is 0 Å². The Balaban J connectivity index is 0.00000106. The lowest BCUT2D eigenvalue weighted by Crippen LogP contribution is -2.04. The highest BCUT2D eigenvalue weighted by Crippen LogP contribution is 2.31. The monoisotopic (exact) mass is 296 g/mol. The molecule has 21 heavy (non-hydrogen) atoms. The number of hydrogen-bond donors (Lipinski definition) is 1. The van der Waals surface area contributed by atoms with Crippen molar-refractivity contribution >= 4 is 5.57 Å². The summed E-state index contributed by atoms with van der Waals surface area (Å²) in [5.41, 5.74) is 1.61. The van der Waals surface area contributed by atoms with Crippen LogP contribution in [0.5, 0.6) is 0 Å². The van der Waals surface area contributed by atoms with Crippen molar-refractivity contribution < 1.29 is 18.3 Å². The van der Waals surface area contributed by atoms with Gasteiger partial charge in [0.25, 0.3) is 0 Å². The highest BCUT2D eigenvalue weighted by Gasteiger charge is 2.30. The molecule has 0 atom stereocenters. The van der Waals surface area contributed by atoms with Crippen LogP contribution in [0.25, 0.3) is 5.57 Å². The second-order valence-electron chi connectivity index (χ2n) is 4.23. The van der Waals surface area contributed by atoms with Crippen molar-refractivity contribution in [2.75, 3.05) is 6.61 Å². The summed E-state index contributed by atoms with van der Waals surface area (Å²) in [4.78, 5) is 0. The van der Waals surface area contributed by atoms with E-state index in [0.29, 0.717) is 12.0 Å². The van der Waals surface area contributed by atoms with Crippen molar-refractivity contribution in [3.63, 3.8) is 0 Å². The summed E-state index contributed by atoms with van der Waals surface area (Å²) < 4.78 is 37.5. The van der Waals surface area contributed by atoms with Crippen LogP contribution in [-0.2, 0) is 6.18 Å². The predicted molar refractivity (Wildman–Crippen MR) is 79.7 cm³/mol. The molecule has 0 unspecified atom stereocenters.